The first kappa shape index (κ1) is 16.8. The first-order valence-electron chi connectivity index (χ1n) is 8.06. The lowest BCUT2D eigenvalue weighted by molar-refractivity contribution is 0.0513. The van der Waals surface area contributed by atoms with Crippen molar-refractivity contribution in [3.8, 4) is 5.75 Å². The van der Waals surface area contributed by atoms with Crippen molar-refractivity contribution >= 4 is 16.7 Å². The lowest BCUT2D eigenvalue weighted by Gasteiger charge is -2.14. The SMILES string of the molecule is CCOC(=O)c1cc2ccccc2c(=O)n1Cc1ccc(OC)cc1. The van der Waals surface area contributed by atoms with Crippen LogP contribution in [0, 0.1) is 0 Å². The van der Waals surface area contributed by atoms with E-state index in [1.54, 1.807) is 26.2 Å². The molecule has 5 heteroatoms. The Hall–Kier alpha value is -3.08. The smallest absolute Gasteiger partial charge is 0.355 e. The average molecular weight is 337 g/mol. The molecule has 0 spiro atoms. The van der Waals surface area contributed by atoms with Gasteiger partial charge < -0.3 is 9.47 Å². The van der Waals surface area contributed by atoms with Crippen molar-refractivity contribution in [1.29, 1.82) is 0 Å². The average Bonchev–Trinajstić information content (AvgIpc) is 2.64. The molecular formula is C20H19NO4. The number of carbonyl (C=O) groups is 1. The number of benzene rings is 2. The summed E-state index contributed by atoms with van der Waals surface area (Å²) in [5.41, 5.74) is 0.932. The maximum Gasteiger partial charge on any atom is 0.355 e. The van der Waals surface area contributed by atoms with Gasteiger partial charge in [0.25, 0.3) is 5.56 Å². The van der Waals surface area contributed by atoms with E-state index in [9.17, 15) is 9.59 Å². The first-order valence-corrected chi connectivity index (χ1v) is 8.06. The van der Waals surface area contributed by atoms with E-state index < -0.39 is 5.97 Å². The molecule has 0 aliphatic heterocycles. The Morgan fingerprint density at radius 1 is 1.08 bits per heavy atom. The van der Waals surface area contributed by atoms with E-state index in [2.05, 4.69) is 0 Å². The molecule has 0 radical (unpaired) electrons. The van der Waals surface area contributed by atoms with Gasteiger partial charge >= 0.3 is 5.97 Å². The highest BCUT2D eigenvalue weighted by atomic mass is 16.5. The topological polar surface area (TPSA) is 57.5 Å². The van der Waals surface area contributed by atoms with Gasteiger partial charge in [0, 0.05) is 5.39 Å². The minimum Gasteiger partial charge on any atom is -0.497 e. The van der Waals surface area contributed by atoms with E-state index in [0.717, 1.165) is 16.7 Å². The van der Waals surface area contributed by atoms with Gasteiger partial charge in [-0.3, -0.25) is 9.36 Å². The first-order chi connectivity index (χ1) is 12.1. The molecule has 3 rings (SSSR count). The number of rotatable bonds is 5. The number of aromatic nitrogens is 1. The van der Waals surface area contributed by atoms with Gasteiger partial charge in [-0.05, 0) is 42.1 Å². The fourth-order valence-corrected chi connectivity index (χ4v) is 2.74. The molecule has 5 nitrogen and oxygen atoms in total. The van der Waals surface area contributed by atoms with Crippen molar-refractivity contribution in [3.63, 3.8) is 0 Å². The number of esters is 1. The van der Waals surface area contributed by atoms with Crippen molar-refractivity contribution < 1.29 is 14.3 Å². The Labute approximate surface area is 145 Å². The second-order valence-electron chi connectivity index (χ2n) is 5.58. The summed E-state index contributed by atoms with van der Waals surface area (Å²) < 4.78 is 11.7. The number of carbonyl (C=O) groups excluding carboxylic acids is 1. The maximum atomic E-state index is 12.9. The zero-order valence-corrected chi connectivity index (χ0v) is 14.2. The summed E-state index contributed by atoms with van der Waals surface area (Å²) >= 11 is 0. The highest BCUT2D eigenvalue weighted by Gasteiger charge is 2.16. The molecule has 0 unspecified atom stereocenters. The standard InChI is InChI=1S/C20H19NO4/c1-3-25-20(23)18-12-15-6-4-5-7-17(15)19(22)21(18)13-14-8-10-16(24-2)11-9-14/h4-12H,3,13H2,1-2H3. The Bertz CT molecular complexity index is 958. The summed E-state index contributed by atoms with van der Waals surface area (Å²) in [6.45, 7) is 2.27. The predicted molar refractivity (Wildman–Crippen MR) is 96.3 cm³/mol. The number of fused-ring (bicyclic) bond motifs is 1. The zero-order valence-electron chi connectivity index (χ0n) is 14.2. The van der Waals surface area contributed by atoms with E-state index >= 15 is 0 Å². The van der Waals surface area contributed by atoms with E-state index in [-0.39, 0.29) is 24.4 Å². The maximum absolute atomic E-state index is 12.9. The molecule has 0 saturated carbocycles. The van der Waals surface area contributed by atoms with Crippen LogP contribution in [0.5, 0.6) is 5.75 Å². The third-order valence-corrected chi connectivity index (χ3v) is 4.00. The van der Waals surface area contributed by atoms with Gasteiger partial charge in [0.15, 0.2) is 0 Å². The molecule has 2 aromatic carbocycles. The fraction of sp³-hybridized carbons (Fsp3) is 0.200. The molecular weight excluding hydrogens is 318 g/mol. The Morgan fingerprint density at radius 2 is 1.80 bits per heavy atom. The Morgan fingerprint density at radius 3 is 2.48 bits per heavy atom. The van der Waals surface area contributed by atoms with Crippen molar-refractivity contribution in [1.82, 2.24) is 4.57 Å². The zero-order chi connectivity index (χ0) is 17.8. The molecule has 0 aliphatic carbocycles. The van der Waals surface area contributed by atoms with Gasteiger partial charge in [0.2, 0.25) is 0 Å². The number of pyridine rings is 1. The van der Waals surface area contributed by atoms with Crippen LogP contribution in [-0.2, 0) is 11.3 Å². The van der Waals surface area contributed by atoms with Gasteiger partial charge in [0.1, 0.15) is 11.4 Å². The largest absolute Gasteiger partial charge is 0.497 e. The molecule has 0 atom stereocenters. The molecule has 25 heavy (non-hydrogen) atoms. The number of hydrogen-bond donors (Lipinski definition) is 0. The Kier molecular flexibility index (Phi) is 4.84. The van der Waals surface area contributed by atoms with E-state index in [1.807, 2.05) is 42.5 Å². The quantitative estimate of drug-likeness (QED) is 0.671. The third kappa shape index (κ3) is 3.40. The van der Waals surface area contributed by atoms with E-state index in [0.29, 0.717) is 5.39 Å². The Balaban J connectivity index is 2.12. The minimum absolute atomic E-state index is 0.211. The fourth-order valence-electron chi connectivity index (χ4n) is 2.74. The third-order valence-electron chi connectivity index (χ3n) is 4.00. The molecule has 1 aromatic heterocycles. The molecule has 128 valence electrons. The number of methoxy groups -OCH3 is 1. The van der Waals surface area contributed by atoms with Crippen LogP contribution in [0.4, 0.5) is 0 Å². The minimum atomic E-state index is -0.501. The number of hydrogen-bond acceptors (Lipinski definition) is 4. The van der Waals surface area contributed by atoms with E-state index in [4.69, 9.17) is 9.47 Å². The second-order valence-corrected chi connectivity index (χ2v) is 5.58. The molecule has 0 N–H and O–H groups in total. The lowest BCUT2D eigenvalue weighted by atomic mass is 10.1. The molecule has 3 aromatic rings. The summed E-state index contributed by atoms with van der Waals surface area (Å²) in [6, 6.07) is 16.3. The van der Waals surface area contributed by atoms with Crippen LogP contribution in [0.15, 0.2) is 59.4 Å². The molecule has 0 bridgehead atoms. The van der Waals surface area contributed by atoms with Crippen molar-refractivity contribution in [2.24, 2.45) is 0 Å². The van der Waals surface area contributed by atoms with Gasteiger partial charge in [-0.1, -0.05) is 30.3 Å². The van der Waals surface area contributed by atoms with Crippen LogP contribution in [-0.4, -0.2) is 24.3 Å². The predicted octanol–water partition coefficient (Wildman–Crippen LogP) is 3.24. The highest BCUT2D eigenvalue weighted by Crippen LogP contribution is 2.16. The van der Waals surface area contributed by atoms with Crippen LogP contribution in [0.3, 0.4) is 0 Å². The monoisotopic (exact) mass is 337 g/mol. The molecule has 0 amide bonds. The summed E-state index contributed by atoms with van der Waals surface area (Å²) in [7, 11) is 1.60. The second kappa shape index (κ2) is 7.21. The summed E-state index contributed by atoms with van der Waals surface area (Å²) in [6.07, 6.45) is 0. The lowest BCUT2D eigenvalue weighted by Crippen LogP contribution is -2.27. The van der Waals surface area contributed by atoms with Gasteiger partial charge in [-0.2, -0.15) is 0 Å². The van der Waals surface area contributed by atoms with Crippen molar-refractivity contribution in [2.45, 2.75) is 13.5 Å². The van der Waals surface area contributed by atoms with Crippen LogP contribution in [0.25, 0.3) is 10.8 Å². The molecule has 1 heterocycles. The highest BCUT2D eigenvalue weighted by molar-refractivity contribution is 5.93. The van der Waals surface area contributed by atoms with E-state index in [1.165, 1.54) is 4.57 Å². The summed E-state index contributed by atoms with van der Waals surface area (Å²) in [4.78, 5) is 25.3. The number of nitrogens with zero attached hydrogens (tertiary/aromatic N) is 1. The molecule has 0 aliphatic rings. The molecule has 0 fully saturated rings. The van der Waals surface area contributed by atoms with Gasteiger partial charge in [-0.25, -0.2) is 4.79 Å². The summed E-state index contributed by atoms with van der Waals surface area (Å²) in [5, 5.41) is 1.30. The normalized spacial score (nSPS) is 10.6. The van der Waals surface area contributed by atoms with Gasteiger partial charge in [0.05, 0.1) is 20.3 Å². The van der Waals surface area contributed by atoms with Crippen LogP contribution in [0.1, 0.15) is 23.0 Å². The van der Waals surface area contributed by atoms with Gasteiger partial charge in [-0.15, -0.1) is 0 Å². The summed E-state index contributed by atoms with van der Waals surface area (Å²) in [5.74, 6) is 0.235. The number of ether oxygens (including phenoxy) is 2. The molecule has 0 saturated heterocycles. The van der Waals surface area contributed by atoms with Crippen molar-refractivity contribution in [3.05, 3.63) is 76.2 Å². The van der Waals surface area contributed by atoms with Crippen molar-refractivity contribution in [2.75, 3.05) is 13.7 Å². The van der Waals surface area contributed by atoms with Crippen LogP contribution >= 0.6 is 0 Å². The van der Waals surface area contributed by atoms with Crippen LogP contribution in [0.2, 0.25) is 0 Å². The van der Waals surface area contributed by atoms with Crippen LogP contribution < -0.4 is 10.3 Å².